The summed E-state index contributed by atoms with van der Waals surface area (Å²) in [5.41, 5.74) is 0. The largest absolute Gasteiger partial charge is 0.455 e. The zero-order valence-corrected chi connectivity index (χ0v) is 18.1. The Morgan fingerprint density at radius 3 is 2.55 bits per heavy atom. The van der Waals surface area contributed by atoms with Crippen LogP contribution in [0.2, 0.25) is 5.02 Å². The normalized spacial score (nSPS) is 20.0. The monoisotopic (exact) mass is 434 g/mol. The number of benzene rings is 1. The molecule has 4 rings (SSSR count). The van der Waals surface area contributed by atoms with Gasteiger partial charge < -0.3 is 14.2 Å². The van der Waals surface area contributed by atoms with E-state index in [-0.39, 0.29) is 11.7 Å². The fourth-order valence-electron chi connectivity index (χ4n) is 4.27. The molecule has 1 unspecified atom stereocenters. The number of nitrogens with zero attached hydrogens (tertiary/aromatic N) is 2. The molecular weight excluding hydrogens is 408 g/mol. The molecule has 2 fully saturated rings. The fourth-order valence-corrected chi connectivity index (χ4v) is 5.59. The van der Waals surface area contributed by atoms with Crippen molar-refractivity contribution in [1.82, 2.24) is 9.80 Å². The van der Waals surface area contributed by atoms with Crippen LogP contribution >= 0.6 is 11.6 Å². The summed E-state index contributed by atoms with van der Waals surface area (Å²) in [4.78, 5) is 18.0. The van der Waals surface area contributed by atoms with Crippen molar-refractivity contribution in [3.63, 3.8) is 0 Å². The summed E-state index contributed by atoms with van der Waals surface area (Å²) in [5.74, 6) is 1.04. The lowest BCUT2D eigenvalue weighted by atomic mass is 10.00. The van der Waals surface area contributed by atoms with Crippen LogP contribution in [0.5, 0.6) is 0 Å². The molecule has 1 aromatic heterocycles. The van der Waals surface area contributed by atoms with Gasteiger partial charge in [0.15, 0.2) is 5.76 Å². The third-order valence-electron chi connectivity index (χ3n) is 5.86. The maximum absolute atomic E-state index is 12.8. The first-order valence-electron chi connectivity index (χ1n) is 10.4. The van der Waals surface area contributed by atoms with Gasteiger partial charge in [0.25, 0.3) is 5.91 Å². The predicted molar refractivity (Wildman–Crippen MR) is 115 cm³/mol. The van der Waals surface area contributed by atoms with Crippen LogP contribution in [0.1, 0.15) is 48.4 Å². The minimum atomic E-state index is -1.27. The molecule has 0 bridgehead atoms. The highest BCUT2D eigenvalue weighted by molar-refractivity contribution is 7.84. The lowest BCUT2D eigenvalue weighted by Crippen LogP contribution is -2.48. The van der Waals surface area contributed by atoms with Gasteiger partial charge in [0.05, 0.1) is 16.6 Å². The van der Waals surface area contributed by atoms with Crippen LogP contribution in [0.4, 0.5) is 0 Å². The molecule has 7 heteroatoms. The lowest BCUT2D eigenvalue weighted by molar-refractivity contribution is 0.0561. The second-order valence-corrected chi connectivity index (χ2v) is 9.72. The topological polar surface area (TPSA) is 53.8 Å². The Kier molecular flexibility index (Phi) is 6.73. The zero-order valence-electron chi connectivity index (χ0n) is 16.5. The van der Waals surface area contributed by atoms with E-state index in [9.17, 15) is 9.00 Å². The number of hydrogen-bond acceptors (Lipinski definition) is 4. The van der Waals surface area contributed by atoms with Gasteiger partial charge in [-0.3, -0.25) is 9.00 Å². The molecule has 2 saturated heterocycles. The van der Waals surface area contributed by atoms with Crippen LogP contribution in [0, 0.1) is 0 Å². The summed E-state index contributed by atoms with van der Waals surface area (Å²) in [6.45, 7) is 3.93. The van der Waals surface area contributed by atoms with E-state index >= 15 is 0 Å². The SMILES string of the molecule is O=C(c1ccc(CS(=O)c2cccc(Cl)c2)o1)N1CCC(N2CCCCC2)CC1. The maximum Gasteiger partial charge on any atom is 0.289 e. The van der Waals surface area contributed by atoms with E-state index in [4.69, 9.17) is 16.0 Å². The van der Waals surface area contributed by atoms with Gasteiger partial charge in [-0.2, -0.15) is 0 Å². The zero-order chi connectivity index (χ0) is 20.2. The van der Waals surface area contributed by atoms with E-state index in [1.54, 1.807) is 36.4 Å². The van der Waals surface area contributed by atoms with E-state index in [0.29, 0.717) is 27.5 Å². The molecule has 29 heavy (non-hydrogen) atoms. The minimum Gasteiger partial charge on any atom is -0.455 e. The van der Waals surface area contributed by atoms with Gasteiger partial charge in [-0.15, -0.1) is 0 Å². The molecule has 0 radical (unpaired) electrons. The summed E-state index contributed by atoms with van der Waals surface area (Å²) in [6.07, 6.45) is 5.99. The van der Waals surface area contributed by atoms with E-state index < -0.39 is 10.8 Å². The summed E-state index contributed by atoms with van der Waals surface area (Å²) in [7, 11) is -1.27. The number of halogens is 1. The van der Waals surface area contributed by atoms with Crippen LogP contribution in [-0.4, -0.2) is 52.1 Å². The van der Waals surface area contributed by atoms with Crippen molar-refractivity contribution in [2.75, 3.05) is 26.2 Å². The molecule has 3 heterocycles. The Morgan fingerprint density at radius 1 is 1.07 bits per heavy atom. The van der Waals surface area contributed by atoms with Gasteiger partial charge in [-0.1, -0.05) is 24.1 Å². The van der Waals surface area contributed by atoms with Crippen LogP contribution in [0.25, 0.3) is 0 Å². The number of piperidine rings is 2. The van der Waals surface area contributed by atoms with Crippen molar-refractivity contribution in [2.24, 2.45) is 0 Å². The Balaban J connectivity index is 1.32. The third kappa shape index (κ3) is 5.11. The number of furan rings is 1. The maximum atomic E-state index is 12.8. The number of hydrogen-bond donors (Lipinski definition) is 0. The van der Waals surface area contributed by atoms with Crippen molar-refractivity contribution in [2.45, 2.75) is 48.8 Å². The molecule has 0 spiro atoms. The van der Waals surface area contributed by atoms with Crippen LogP contribution in [0.3, 0.4) is 0 Å². The van der Waals surface area contributed by atoms with Gasteiger partial charge in [0.1, 0.15) is 5.76 Å². The molecule has 2 aliphatic rings. The summed E-state index contributed by atoms with van der Waals surface area (Å²) >= 11 is 5.97. The highest BCUT2D eigenvalue weighted by Crippen LogP contribution is 2.23. The first-order chi connectivity index (χ1) is 14.1. The van der Waals surface area contributed by atoms with Gasteiger partial charge in [-0.25, -0.2) is 0 Å². The minimum absolute atomic E-state index is 0.0677. The Labute approximate surface area is 179 Å². The number of carbonyl (C=O) groups excluding carboxylic acids is 1. The Morgan fingerprint density at radius 2 is 1.83 bits per heavy atom. The molecule has 0 N–H and O–H groups in total. The van der Waals surface area contributed by atoms with E-state index in [0.717, 1.165) is 25.9 Å². The van der Waals surface area contributed by atoms with Crippen LogP contribution < -0.4 is 0 Å². The first-order valence-corrected chi connectivity index (χ1v) is 12.1. The molecule has 2 aromatic rings. The molecule has 1 atom stereocenters. The van der Waals surface area contributed by atoms with Gasteiger partial charge in [0.2, 0.25) is 0 Å². The second kappa shape index (κ2) is 9.45. The van der Waals surface area contributed by atoms with Crippen LogP contribution in [-0.2, 0) is 16.6 Å². The number of amides is 1. The molecule has 0 saturated carbocycles. The number of likely N-dealkylation sites (tertiary alicyclic amines) is 2. The molecule has 1 amide bonds. The summed E-state index contributed by atoms with van der Waals surface area (Å²) < 4.78 is 18.3. The Hall–Kier alpha value is -1.63. The van der Waals surface area contributed by atoms with Crippen molar-refractivity contribution in [3.8, 4) is 0 Å². The number of carbonyl (C=O) groups is 1. The first kappa shape index (κ1) is 20.6. The van der Waals surface area contributed by atoms with Crippen LogP contribution in [0.15, 0.2) is 45.7 Å². The fraction of sp³-hybridized carbons (Fsp3) is 0.500. The molecular formula is C22H27ClN2O3S. The average Bonchev–Trinajstić information content (AvgIpc) is 3.22. The summed E-state index contributed by atoms with van der Waals surface area (Å²) in [6, 6.07) is 11.1. The highest BCUT2D eigenvalue weighted by atomic mass is 35.5. The van der Waals surface area contributed by atoms with Gasteiger partial charge in [-0.05, 0) is 69.1 Å². The van der Waals surface area contributed by atoms with Crippen molar-refractivity contribution < 1.29 is 13.4 Å². The van der Waals surface area contributed by atoms with Crippen molar-refractivity contribution in [1.29, 1.82) is 0 Å². The summed E-state index contributed by atoms with van der Waals surface area (Å²) in [5, 5.41) is 0.555. The molecule has 2 aliphatic heterocycles. The number of rotatable bonds is 5. The smallest absolute Gasteiger partial charge is 0.289 e. The highest BCUT2D eigenvalue weighted by Gasteiger charge is 2.29. The van der Waals surface area contributed by atoms with Crippen molar-refractivity contribution in [3.05, 3.63) is 52.9 Å². The second-order valence-electron chi connectivity index (χ2n) is 7.83. The van der Waals surface area contributed by atoms with E-state index in [2.05, 4.69) is 4.90 Å². The quantitative estimate of drug-likeness (QED) is 0.702. The average molecular weight is 435 g/mol. The molecule has 0 aliphatic carbocycles. The third-order valence-corrected chi connectivity index (χ3v) is 7.43. The van der Waals surface area contributed by atoms with Gasteiger partial charge in [0, 0.05) is 29.0 Å². The van der Waals surface area contributed by atoms with Crippen molar-refractivity contribution >= 4 is 28.3 Å². The Bertz CT molecular complexity index is 870. The standard InChI is InChI=1S/C22H27ClN2O3S/c23-17-5-4-6-20(15-17)29(27)16-19-7-8-21(28-19)22(26)25-13-9-18(10-14-25)24-11-2-1-3-12-24/h4-8,15,18H,1-3,9-14,16H2. The van der Waals surface area contributed by atoms with Gasteiger partial charge >= 0.3 is 0 Å². The lowest BCUT2D eigenvalue weighted by Gasteiger charge is -2.40. The molecule has 1 aromatic carbocycles. The van der Waals surface area contributed by atoms with E-state index in [1.165, 1.54) is 32.4 Å². The molecule has 5 nitrogen and oxygen atoms in total. The van der Waals surface area contributed by atoms with E-state index in [1.807, 2.05) is 4.90 Å². The molecule has 156 valence electrons. The predicted octanol–water partition coefficient (Wildman–Crippen LogP) is 4.33.